The highest BCUT2D eigenvalue weighted by molar-refractivity contribution is 9.09. The molecular formula is C18H16BrNO. The smallest absolute Gasteiger partial charge is 0.258 e. The minimum Gasteiger partial charge on any atom is -0.311 e. The Kier molecular flexibility index (Phi) is 3.93. The van der Waals surface area contributed by atoms with Gasteiger partial charge in [-0.3, -0.25) is 4.79 Å². The van der Waals surface area contributed by atoms with Gasteiger partial charge in [-0.1, -0.05) is 58.4 Å². The van der Waals surface area contributed by atoms with E-state index in [-0.39, 0.29) is 5.91 Å². The largest absolute Gasteiger partial charge is 0.311 e. The quantitative estimate of drug-likeness (QED) is 0.736. The maximum atomic E-state index is 12.7. The molecule has 0 saturated carbocycles. The van der Waals surface area contributed by atoms with Crippen LogP contribution in [0, 0.1) is 0 Å². The second kappa shape index (κ2) is 5.86. The lowest BCUT2D eigenvalue weighted by Gasteiger charge is -2.17. The first-order valence-electron chi connectivity index (χ1n) is 6.97. The summed E-state index contributed by atoms with van der Waals surface area (Å²) in [5.74, 6) is 0.0419. The molecule has 2 aromatic rings. The van der Waals surface area contributed by atoms with Crippen molar-refractivity contribution in [2.24, 2.45) is 0 Å². The van der Waals surface area contributed by atoms with Crippen LogP contribution in [0.5, 0.6) is 0 Å². The number of alkyl halides is 1. The van der Waals surface area contributed by atoms with Crippen LogP contribution in [-0.4, -0.2) is 18.3 Å². The Morgan fingerprint density at radius 2 is 1.62 bits per heavy atom. The van der Waals surface area contributed by atoms with E-state index in [1.54, 1.807) is 4.90 Å². The second-order valence-electron chi connectivity index (χ2n) is 5.02. The van der Waals surface area contributed by atoms with E-state index in [0.29, 0.717) is 0 Å². The predicted octanol–water partition coefficient (Wildman–Crippen LogP) is 4.49. The highest BCUT2D eigenvalue weighted by atomic mass is 79.9. The van der Waals surface area contributed by atoms with Crippen molar-refractivity contribution < 1.29 is 4.79 Å². The molecule has 106 valence electrons. The molecule has 3 rings (SSSR count). The van der Waals surface area contributed by atoms with E-state index < -0.39 is 0 Å². The fourth-order valence-corrected chi connectivity index (χ4v) is 2.98. The van der Waals surface area contributed by atoms with E-state index in [2.05, 4.69) is 28.1 Å². The molecule has 0 bridgehead atoms. The number of carbonyl (C=O) groups is 1. The molecule has 1 aliphatic rings. The van der Waals surface area contributed by atoms with Gasteiger partial charge in [-0.2, -0.15) is 0 Å². The van der Waals surface area contributed by atoms with Crippen molar-refractivity contribution in [2.75, 3.05) is 17.3 Å². The standard InChI is InChI=1S/C18H16BrNO/c1-20-17-11-5-4-8-15(17)13(10-6-12-19)14-7-2-3-9-16(14)18(20)21/h2-5,7-11H,6,12H2,1H3/b13-10+. The molecule has 0 aromatic heterocycles. The Morgan fingerprint density at radius 1 is 1.00 bits per heavy atom. The van der Waals surface area contributed by atoms with Crippen LogP contribution in [-0.2, 0) is 0 Å². The number of amides is 1. The highest BCUT2D eigenvalue weighted by Gasteiger charge is 2.26. The van der Waals surface area contributed by atoms with Crippen molar-refractivity contribution in [3.63, 3.8) is 0 Å². The zero-order valence-electron chi connectivity index (χ0n) is 11.8. The van der Waals surface area contributed by atoms with E-state index in [9.17, 15) is 4.79 Å². The van der Waals surface area contributed by atoms with E-state index in [1.165, 1.54) is 0 Å². The van der Waals surface area contributed by atoms with E-state index >= 15 is 0 Å². The summed E-state index contributed by atoms with van der Waals surface area (Å²) in [5, 5.41) is 0.907. The van der Waals surface area contributed by atoms with Crippen LogP contribution >= 0.6 is 15.9 Å². The van der Waals surface area contributed by atoms with Crippen molar-refractivity contribution in [2.45, 2.75) is 6.42 Å². The third-order valence-electron chi connectivity index (χ3n) is 3.77. The molecule has 1 amide bonds. The summed E-state index contributed by atoms with van der Waals surface area (Å²) in [6.45, 7) is 0. The SMILES string of the molecule is CN1C(=O)c2ccccc2/C(=C\CCBr)c2ccccc21. The molecule has 2 nitrogen and oxygen atoms in total. The van der Waals surface area contributed by atoms with Gasteiger partial charge in [0.2, 0.25) is 0 Å². The summed E-state index contributed by atoms with van der Waals surface area (Å²) in [6, 6.07) is 15.9. The maximum absolute atomic E-state index is 12.7. The Labute approximate surface area is 133 Å². The lowest BCUT2D eigenvalue weighted by atomic mass is 9.93. The highest BCUT2D eigenvalue weighted by Crippen LogP contribution is 2.37. The summed E-state index contributed by atoms with van der Waals surface area (Å²) in [5.41, 5.74) is 4.98. The average molecular weight is 342 g/mol. The molecule has 21 heavy (non-hydrogen) atoms. The summed E-state index contributed by atoms with van der Waals surface area (Å²) in [7, 11) is 1.84. The summed E-state index contributed by atoms with van der Waals surface area (Å²) >= 11 is 3.48. The van der Waals surface area contributed by atoms with Crippen LogP contribution in [0.1, 0.15) is 27.9 Å². The summed E-state index contributed by atoms with van der Waals surface area (Å²) < 4.78 is 0. The monoisotopic (exact) mass is 341 g/mol. The van der Waals surface area contributed by atoms with Gasteiger partial charge in [0, 0.05) is 23.5 Å². The minimum atomic E-state index is 0.0419. The van der Waals surface area contributed by atoms with E-state index in [1.807, 2.05) is 49.5 Å². The molecule has 0 spiro atoms. The number of carbonyl (C=O) groups excluding carboxylic acids is 1. The van der Waals surface area contributed by atoms with Crippen LogP contribution < -0.4 is 4.90 Å². The molecule has 1 aliphatic heterocycles. The molecule has 1 heterocycles. The number of allylic oxidation sites excluding steroid dienone is 1. The van der Waals surface area contributed by atoms with Gasteiger partial charge in [0.05, 0.1) is 5.69 Å². The Bertz CT molecular complexity index is 721. The van der Waals surface area contributed by atoms with E-state index in [0.717, 1.165) is 39.7 Å². The van der Waals surface area contributed by atoms with Crippen LogP contribution in [0.2, 0.25) is 0 Å². The Morgan fingerprint density at radius 3 is 2.33 bits per heavy atom. The van der Waals surface area contributed by atoms with Crippen LogP contribution in [0.15, 0.2) is 54.6 Å². The lowest BCUT2D eigenvalue weighted by molar-refractivity contribution is 0.0993. The summed E-state index contributed by atoms with van der Waals surface area (Å²) in [6.07, 6.45) is 3.13. The molecule has 0 unspecified atom stereocenters. The number of fused-ring (bicyclic) bond motifs is 2. The molecule has 2 aromatic carbocycles. The van der Waals surface area contributed by atoms with Crippen LogP contribution in [0.25, 0.3) is 5.57 Å². The third kappa shape index (κ3) is 2.42. The number of hydrogen-bond acceptors (Lipinski definition) is 1. The van der Waals surface area contributed by atoms with Crippen molar-refractivity contribution in [3.8, 4) is 0 Å². The maximum Gasteiger partial charge on any atom is 0.258 e. The molecule has 0 saturated heterocycles. The third-order valence-corrected chi connectivity index (χ3v) is 4.22. The fraction of sp³-hybridized carbons (Fsp3) is 0.167. The summed E-state index contributed by atoms with van der Waals surface area (Å²) in [4.78, 5) is 14.4. The number of hydrogen-bond donors (Lipinski definition) is 0. The van der Waals surface area contributed by atoms with Gasteiger partial charge in [0.15, 0.2) is 0 Å². The number of halogens is 1. The topological polar surface area (TPSA) is 20.3 Å². The molecular weight excluding hydrogens is 326 g/mol. The van der Waals surface area contributed by atoms with Crippen molar-refractivity contribution in [1.82, 2.24) is 0 Å². The second-order valence-corrected chi connectivity index (χ2v) is 5.82. The number of anilines is 1. The number of para-hydroxylation sites is 1. The Balaban J connectivity index is 2.31. The van der Waals surface area contributed by atoms with Gasteiger partial charge in [-0.25, -0.2) is 0 Å². The minimum absolute atomic E-state index is 0.0419. The van der Waals surface area contributed by atoms with Crippen molar-refractivity contribution >= 4 is 33.1 Å². The first-order chi connectivity index (χ1) is 10.2. The van der Waals surface area contributed by atoms with Gasteiger partial charge >= 0.3 is 0 Å². The van der Waals surface area contributed by atoms with Gasteiger partial charge in [-0.15, -0.1) is 0 Å². The van der Waals surface area contributed by atoms with Crippen molar-refractivity contribution in [3.05, 3.63) is 71.3 Å². The zero-order valence-corrected chi connectivity index (χ0v) is 13.4. The van der Waals surface area contributed by atoms with Crippen molar-refractivity contribution in [1.29, 1.82) is 0 Å². The molecule has 0 radical (unpaired) electrons. The molecule has 0 aliphatic carbocycles. The first kappa shape index (κ1) is 14.1. The Hall–Kier alpha value is -1.87. The average Bonchev–Trinajstić information content (AvgIpc) is 2.62. The fourth-order valence-electron chi connectivity index (χ4n) is 2.75. The molecule has 0 atom stereocenters. The van der Waals surface area contributed by atoms with Gasteiger partial charge in [0.25, 0.3) is 5.91 Å². The lowest BCUT2D eigenvalue weighted by Crippen LogP contribution is -2.25. The number of benzene rings is 2. The number of nitrogens with zero attached hydrogens (tertiary/aromatic N) is 1. The van der Waals surface area contributed by atoms with Gasteiger partial charge < -0.3 is 4.90 Å². The normalized spacial score (nSPS) is 15.6. The van der Waals surface area contributed by atoms with Gasteiger partial charge in [0.1, 0.15) is 0 Å². The zero-order chi connectivity index (χ0) is 14.8. The molecule has 0 fully saturated rings. The van der Waals surface area contributed by atoms with Crippen LogP contribution in [0.3, 0.4) is 0 Å². The van der Waals surface area contributed by atoms with Gasteiger partial charge in [-0.05, 0) is 29.7 Å². The van der Waals surface area contributed by atoms with E-state index in [4.69, 9.17) is 0 Å². The molecule has 3 heteroatoms. The molecule has 0 N–H and O–H groups in total. The predicted molar refractivity (Wildman–Crippen MR) is 91.1 cm³/mol. The van der Waals surface area contributed by atoms with Crippen LogP contribution in [0.4, 0.5) is 5.69 Å². The first-order valence-corrected chi connectivity index (χ1v) is 8.09. The number of rotatable bonds is 2.